The van der Waals surface area contributed by atoms with E-state index < -0.39 is 0 Å². The molecule has 2 heteroatoms. The first-order chi connectivity index (χ1) is 5.34. The van der Waals surface area contributed by atoms with Crippen LogP contribution in [0.2, 0.25) is 0 Å². The highest BCUT2D eigenvalue weighted by atomic mass is 32.2. The second-order valence-electron chi connectivity index (χ2n) is 2.95. The molecule has 1 aliphatic rings. The van der Waals surface area contributed by atoms with Crippen LogP contribution in [0.3, 0.4) is 0 Å². The van der Waals surface area contributed by atoms with E-state index in [1.54, 1.807) is 0 Å². The molecule has 0 amide bonds. The van der Waals surface area contributed by atoms with E-state index in [2.05, 4.69) is 24.9 Å². The zero-order valence-electron chi connectivity index (χ0n) is 7.47. The first-order valence-electron chi connectivity index (χ1n) is 4.38. The number of rotatable bonds is 2. The van der Waals surface area contributed by atoms with Crippen molar-refractivity contribution in [3.05, 3.63) is 11.1 Å². The minimum Gasteiger partial charge on any atom is -0.370 e. The average Bonchev–Trinajstić information content (AvgIpc) is 2.03. The van der Waals surface area contributed by atoms with E-state index in [9.17, 15) is 0 Å². The van der Waals surface area contributed by atoms with Gasteiger partial charge in [-0.05, 0) is 12.8 Å². The molecule has 1 saturated heterocycles. The van der Waals surface area contributed by atoms with Crippen LogP contribution in [0.1, 0.15) is 26.2 Å². The average molecular weight is 171 g/mol. The van der Waals surface area contributed by atoms with Gasteiger partial charge in [-0.2, -0.15) is 0 Å². The van der Waals surface area contributed by atoms with Crippen LogP contribution in [0.4, 0.5) is 0 Å². The van der Waals surface area contributed by atoms with Gasteiger partial charge in [-0.25, -0.2) is 0 Å². The summed E-state index contributed by atoms with van der Waals surface area (Å²) in [4.78, 5) is 2.36. The molecule has 0 aromatic rings. The van der Waals surface area contributed by atoms with Crippen molar-refractivity contribution in [2.45, 2.75) is 26.2 Å². The Morgan fingerprint density at radius 1 is 1.64 bits per heavy atom. The summed E-state index contributed by atoms with van der Waals surface area (Å²) in [6.45, 7) is 3.47. The van der Waals surface area contributed by atoms with Gasteiger partial charge in [0.1, 0.15) is 0 Å². The van der Waals surface area contributed by atoms with Crippen molar-refractivity contribution >= 4 is 11.8 Å². The molecule has 1 heterocycles. The molecule has 0 aromatic carbocycles. The Kier molecular flexibility index (Phi) is 3.84. The summed E-state index contributed by atoms with van der Waals surface area (Å²) in [6.07, 6.45) is 6.19. The smallest absolute Gasteiger partial charge is 0.0664 e. The molecule has 0 aromatic heterocycles. The standard InChI is InChI=1S/C9H17NS/c1-3-4-6-9-10(2)7-5-8-11-9/h6H,3-5,7-8H2,1-2H3. The molecule has 0 bridgehead atoms. The number of unbranched alkanes of at least 4 members (excludes halogenated alkanes) is 1. The van der Waals surface area contributed by atoms with Gasteiger partial charge in [0.15, 0.2) is 0 Å². The van der Waals surface area contributed by atoms with Crippen LogP contribution in [0.5, 0.6) is 0 Å². The largest absolute Gasteiger partial charge is 0.370 e. The molecule has 0 aliphatic carbocycles. The molecule has 0 atom stereocenters. The van der Waals surface area contributed by atoms with Crippen LogP contribution in [0, 0.1) is 0 Å². The molecule has 0 saturated carbocycles. The SMILES string of the molecule is CCCC=C1SCCCN1C. The number of allylic oxidation sites excluding steroid dienone is 1. The predicted octanol–water partition coefficient (Wildman–Crippen LogP) is 2.70. The van der Waals surface area contributed by atoms with Gasteiger partial charge in [0.2, 0.25) is 0 Å². The number of thioether (sulfide) groups is 1. The van der Waals surface area contributed by atoms with E-state index >= 15 is 0 Å². The number of hydrogen-bond donors (Lipinski definition) is 0. The van der Waals surface area contributed by atoms with Crippen LogP contribution in [-0.4, -0.2) is 24.2 Å². The number of nitrogens with zero attached hydrogens (tertiary/aromatic N) is 1. The maximum absolute atomic E-state index is 2.36. The summed E-state index contributed by atoms with van der Waals surface area (Å²) < 4.78 is 0. The van der Waals surface area contributed by atoms with Crippen molar-refractivity contribution in [3.63, 3.8) is 0 Å². The van der Waals surface area contributed by atoms with E-state index in [1.165, 1.54) is 36.6 Å². The predicted molar refractivity (Wildman–Crippen MR) is 52.7 cm³/mol. The maximum atomic E-state index is 2.36. The van der Waals surface area contributed by atoms with Crippen molar-refractivity contribution in [2.75, 3.05) is 19.3 Å². The summed E-state index contributed by atoms with van der Waals surface area (Å²) in [7, 11) is 2.19. The monoisotopic (exact) mass is 171 g/mol. The summed E-state index contributed by atoms with van der Waals surface area (Å²) in [6, 6.07) is 0. The fourth-order valence-electron chi connectivity index (χ4n) is 1.18. The highest BCUT2D eigenvalue weighted by molar-refractivity contribution is 8.03. The van der Waals surface area contributed by atoms with Crippen LogP contribution >= 0.6 is 11.8 Å². The molecule has 1 nitrogen and oxygen atoms in total. The molecule has 1 fully saturated rings. The van der Waals surface area contributed by atoms with Crippen LogP contribution in [0.25, 0.3) is 0 Å². The lowest BCUT2D eigenvalue weighted by Gasteiger charge is -2.26. The zero-order chi connectivity index (χ0) is 8.10. The Balaban J connectivity index is 2.40. The molecule has 1 rings (SSSR count). The van der Waals surface area contributed by atoms with Crippen LogP contribution < -0.4 is 0 Å². The lowest BCUT2D eigenvalue weighted by Crippen LogP contribution is -2.22. The van der Waals surface area contributed by atoms with E-state index in [-0.39, 0.29) is 0 Å². The summed E-state index contributed by atoms with van der Waals surface area (Å²) >= 11 is 2.00. The number of hydrogen-bond acceptors (Lipinski definition) is 2. The van der Waals surface area contributed by atoms with E-state index in [0.29, 0.717) is 0 Å². The molecule has 0 spiro atoms. The van der Waals surface area contributed by atoms with Gasteiger partial charge in [0, 0.05) is 19.3 Å². The van der Waals surface area contributed by atoms with Crippen molar-refractivity contribution < 1.29 is 0 Å². The van der Waals surface area contributed by atoms with Gasteiger partial charge < -0.3 is 4.90 Å². The molecule has 0 radical (unpaired) electrons. The van der Waals surface area contributed by atoms with Crippen molar-refractivity contribution in [1.29, 1.82) is 0 Å². The molecule has 1 aliphatic heterocycles. The first kappa shape index (κ1) is 8.98. The summed E-state index contributed by atoms with van der Waals surface area (Å²) in [5.41, 5.74) is 0. The molecule has 0 N–H and O–H groups in total. The fourth-order valence-corrected chi connectivity index (χ4v) is 2.21. The lowest BCUT2D eigenvalue weighted by molar-refractivity contribution is 0.435. The fraction of sp³-hybridized carbons (Fsp3) is 0.778. The van der Waals surface area contributed by atoms with E-state index in [1.807, 2.05) is 11.8 Å². The topological polar surface area (TPSA) is 3.24 Å². The van der Waals surface area contributed by atoms with E-state index in [4.69, 9.17) is 0 Å². The second kappa shape index (κ2) is 4.70. The first-order valence-corrected chi connectivity index (χ1v) is 5.37. The lowest BCUT2D eigenvalue weighted by atomic mass is 10.3. The van der Waals surface area contributed by atoms with Crippen LogP contribution in [-0.2, 0) is 0 Å². The summed E-state index contributed by atoms with van der Waals surface area (Å²) in [5, 5.41) is 1.48. The third-order valence-corrected chi connectivity index (χ3v) is 3.14. The van der Waals surface area contributed by atoms with Crippen molar-refractivity contribution in [3.8, 4) is 0 Å². The quantitative estimate of drug-likeness (QED) is 0.628. The Labute approximate surface area is 73.8 Å². The van der Waals surface area contributed by atoms with Gasteiger partial charge in [-0.3, -0.25) is 0 Å². The molecule has 11 heavy (non-hydrogen) atoms. The van der Waals surface area contributed by atoms with E-state index in [0.717, 1.165) is 0 Å². The Hall–Kier alpha value is -0.110. The highest BCUT2D eigenvalue weighted by Crippen LogP contribution is 2.25. The normalized spacial score (nSPS) is 22.7. The van der Waals surface area contributed by atoms with Crippen molar-refractivity contribution in [2.24, 2.45) is 0 Å². The zero-order valence-corrected chi connectivity index (χ0v) is 8.28. The molecular formula is C9H17NS. The Morgan fingerprint density at radius 3 is 3.09 bits per heavy atom. The highest BCUT2D eigenvalue weighted by Gasteiger charge is 2.09. The Bertz CT molecular complexity index is 142. The van der Waals surface area contributed by atoms with Gasteiger partial charge >= 0.3 is 0 Å². The van der Waals surface area contributed by atoms with Gasteiger partial charge in [0.05, 0.1) is 5.03 Å². The maximum Gasteiger partial charge on any atom is 0.0664 e. The molecule has 64 valence electrons. The molecule has 0 unspecified atom stereocenters. The minimum absolute atomic E-state index is 1.23. The van der Waals surface area contributed by atoms with Crippen molar-refractivity contribution in [1.82, 2.24) is 4.90 Å². The van der Waals surface area contributed by atoms with Gasteiger partial charge in [-0.1, -0.05) is 19.4 Å². The third kappa shape index (κ3) is 2.78. The second-order valence-corrected chi connectivity index (χ2v) is 4.07. The Morgan fingerprint density at radius 2 is 2.45 bits per heavy atom. The minimum atomic E-state index is 1.23. The van der Waals surface area contributed by atoms with Gasteiger partial charge in [0.25, 0.3) is 0 Å². The summed E-state index contributed by atoms with van der Waals surface area (Å²) in [5.74, 6) is 1.31. The third-order valence-electron chi connectivity index (χ3n) is 1.87. The molecular weight excluding hydrogens is 154 g/mol. The van der Waals surface area contributed by atoms with Crippen LogP contribution in [0.15, 0.2) is 11.1 Å². The van der Waals surface area contributed by atoms with Gasteiger partial charge in [-0.15, -0.1) is 11.8 Å².